The molecule has 0 saturated carbocycles. The number of hydrogen-bond acceptors (Lipinski definition) is 5. The Labute approximate surface area is 120 Å². The molecule has 0 aromatic heterocycles. The maximum absolute atomic E-state index is 5.37. The Kier molecular flexibility index (Phi) is 6.26. The average molecular weight is 280 g/mol. The second-order valence-corrected chi connectivity index (χ2v) is 4.80. The Hall–Kier alpha value is -1.14. The Morgan fingerprint density at radius 3 is 2.40 bits per heavy atom. The first-order valence-corrected chi connectivity index (χ1v) is 7.01. The summed E-state index contributed by atoms with van der Waals surface area (Å²) in [5.41, 5.74) is 2.52. The Balaban J connectivity index is 1.79. The molecule has 1 aliphatic rings. The third-order valence-corrected chi connectivity index (χ3v) is 3.48. The minimum absolute atomic E-state index is 0.192. The van der Waals surface area contributed by atoms with Gasteiger partial charge in [-0.2, -0.15) is 0 Å². The molecule has 2 rings (SSSR count). The van der Waals surface area contributed by atoms with Crippen LogP contribution < -0.4 is 10.2 Å². The second-order valence-electron chi connectivity index (χ2n) is 4.80. The van der Waals surface area contributed by atoms with Crippen LogP contribution in [0.2, 0.25) is 0 Å². The van der Waals surface area contributed by atoms with Crippen molar-refractivity contribution in [2.45, 2.75) is 12.8 Å². The molecule has 1 fully saturated rings. The molecule has 0 unspecified atom stereocenters. The van der Waals surface area contributed by atoms with Crippen molar-refractivity contribution in [2.75, 3.05) is 52.0 Å². The predicted molar refractivity (Wildman–Crippen MR) is 79.0 cm³/mol. The van der Waals surface area contributed by atoms with E-state index in [1.165, 1.54) is 11.3 Å². The smallest absolute Gasteiger partial charge is 0.169 e. The van der Waals surface area contributed by atoms with Gasteiger partial charge in [0, 0.05) is 46.1 Å². The van der Waals surface area contributed by atoms with Crippen LogP contribution in [0.5, 0.6) is 0 Å². The molecule has 5 nitrogen and oxygen atoms in total. The van der Waals surface area contributed by atoms with E-state index in [0.29, 0.717) is 6.54 Å². The van der Waals surface area contributed by atoms with Crippen LogP contribution in [-0.4, -0.2) is 53.4 Å². The highest BCUT2D eigenvalue weighted by Crippen LogP contribution is 2.16. The molecular formula is C15H24N2O3. The molecule has 1 heterocycles. The van der Waals surface area contributed by atoms with Gasteiger partial charge in [0.05, 0.1) is 13.2 Å². The third-order valence-electron chi connectivity index (χ3n) is 3.48. The van der Waals surface area contributed by atoms with E-state index in [9.17, 15) is 0 Å². The van der Waals surface area contributed by atoms with Crippen LogP contribution in [0.15, 0.2) is 24.3 Å². The Morgan fingerprint density at radius 2 is 1.80 bits per heavy atom. The first-order valence-electron chi connectivity index (χ1n) is 7.01. The number of hydrogen-bond donors (Lipinski definition) is 1. The molecule has 0 atom stereocenters. The van der Waals surface area contributed by atoms with Crippen LogP contribution in [0.3, 0.4) is 0 Å². The van der Waals surface area contributed by atoms with Gasteiger partial charge < -0.3 is 24.4 Å². The number of ether oxygens (including phenoxy) is 3. The molecule has 0 spiro atoms. The molecule has 5 heteroatoms. The van der Waals surface area contributed by atoms with E-state index in [1.807, 2.05) is 0 Å². The summed E-state index contributed by atoms with van der Waals surface area (Å²) >= 11 is 0. The minimum Gasteiger partial charge on any atom is -0.378 e. The molecule has 112 valence electrons. The van der Waals surface area contributed by atoms with Gasteiger partial charge in [-0.15, -0.1) is 0 Å². The molecule has 20 heavy (non-hydrogen) atoms. The summed E-state index contributed by atoms with van der Waals surface area (Å²) in [6, 6.07) is 8.66. The highest BCUT2D eigenvalue weighted by Gasteiger charge is 2.10. The molecule has 0 bridgehead atoms. The first-order chi connectivity index (χ1) is 9.83. The van der Waals surface area contributed by atoms with Gasteiger partial charge in [0.1, 0.15) is 0 Å². The fourth-order valence-electron chi connectivity index (χ4n) is 2.24. The lowest BCUT2D eigenvalue weighted by Gasteiger charge is -2.28. The fourth-order valence-corrected chi connectivity index (χ4v) is 2.24. The van der Waals surface area contributed by atoms with Gasteiger partial charge in [0.2, 0.25) is 0 Å². The summed E-state index contributed by atoms with van der Waals surface area (Å²) in [4.78, 5) is 2.35. The Morgan fingerprint density at radius 1 is 1.15 bits per heavy atom. The van der Waals surface area contributed by atoms with Gasteiger partial charge in [-0.05, 0) is 17.7 Å². The first kappa shape index (κ1) is 15.3. The summed E-state index contributed by atoms with van der Waals surface area (Å²) in [5, 5.41) is 3.32. The fraction of sp³-hybridized carbons (Fsp3) is 0.600. The topological polar surface area (TPSA) is 43.0 Å². The number of methoxy groups -OCH3 is 2. The van der Waals surface area contributed by atoms with Crippen molar-refractivity contribution in [3.63, 3.8) is 0 Å². The molecule has 0 aliphatic carbocycles. The zero-order chi connectivity index (χ0) is 14.2. The van der Waals surface area contributed by atoms with E-state index in [1.54, 1.807) is 14.2 Å². The lowest BCUT2D eigenvalue weighted by atomic mass is 10.2. The summed E-state index contributed by atoms with van der Waals surface area (Å²) < 4.78 is 15.6. The van der Waals surface area contributed by atoms with Crippen LogP contribution in [0.25, 0.3) is 0 Å². The SMILES string of the molecule is COC(CNCc1ccc(N2CCOCC2)cc1)OC. The van der Waals surface area contributed by atoms with Crippen molar-refractivity contribution in [3.8, 4) is 0 Å². The van der Waals surface area contributed by atoms with E-state index < -0.39 is 0 Å². The summed E-state index contributed by atoms with van der Waals surface area (Å²) in [6.45, 7) is 5.07. The number of anilines is 1. The van der Waals surface area contributed by atoms with Crippen molar-refractivity contribution >= 4 is 5.69 Å². The molecule has 1 aromatic rings. The van der Waals surface area contributed by atoms with Crippen molar-refractivity contribution in [1.82, 2.24) is 5.32 Å². The normalized spacial score (nSPS) is 15.8. The zero-order valence-corrected chi connectivity index (χ0v) is 12.3. The van der Waals surface area contributed by atoms with Gasteiger partial charge in [-0.25, -0.2) is 0 Å². The molecule has 1 aromatic carbocycles. The molecule has 0 amide bonds. The molecular weight excluding hydrogens is 256 g/mol. The van der Waals surface area contributed by atoms with Gasteiger partial charge in [0.15, 0.2) is 6.29 Å². The monoisotopic (exact) mass is 280 g/mol. The molecule has 1 N–H and O–H groups in total. The number of nitrogens with zero attached hydrogens (tertiary/aromatic N) is 1. The van der Waals surface area contributed by atoms with Crippen molar-refractivity contribution in [2.24, 2.45) is 0 Å². The molecule has 0 radical (unpaired) electrons. The maximum atomic E-state index is 5.37. The number of nitrogens with one attached hydrogen (secondary N) is 1. The van der Waals surface area contributed by atoms with Gasteiger partial charge >= 0.3 is 0 Å². The number of morpholine rings is 1. The minimum atomic E-state index is -0.192. The van der Waals surface area contributed by atoms with E-state index in [4.69, 9.17) is 14.2 Å². The van der Waals surface area contributed by atoms with E-state index in [2.05, 4.69) is 34.5 Å². The van der Waals surface area contributed by atoms with Crippen LogP contribution >= 0.6 is 0 Å². The lowest BCUT2D eigenvalue weighted by Crippen LogP contribution is -2.36. The summed E-state index contributed by atoms with van der Waals surface area (Å²) in [5.74, 6) is 0. The van der Waals surface area contributed by atoms with Gasteiger partial charge in [-0.3, -0.25) is 0 Å². The Bertz CT molecular complexity index is 373. The molecule has 1 saturated heterocycles. The van der Waals surface area contributed by atoms with Crippen LogP contribution in [0.1, 0.15) is 5.56 Å². The largest absolute Gasteiger partial charge is 0.378 e. The van der Waals surface area contributed by atoms with E-state index >= 15 is 0 Å². The zero-order valence-electron chi connectivity index (χ0n) is 12.3. The third kappa shape index (κ3) is 4.45. The molecule has 1 aliphatic heterocycles. The standard InChI is InChI=1S/C15H24N2O3/c1-18-15(19-2)12-16-11-13-3-5-14(6-4-13)17-7-9-20-10-8-17/h3-6,15-16H,7-12H2,1-2H3. The van der Waals surface area contributed by atoms with Crippen molar-refractivity contribution < 1.29 is 14.2 Å². The predicted octanol–water partition coefficient (Wildman–Crippen LogP) is 1.23. The van der Waals surface area contributed by atoms with Crippen LogP contribution in [-0.2, 0) is 20.8 Å². The number of rotatable bonds is 7. The van der Waals surface area contributed by atoms with Crippen LogP contribution in [0.4, 0.5) is 5.69 Å². The highest BCUT2D eigenvalue weighted by molar-refractivity contribution is 5.47. The maximum Gasteiger partial charge on any atom is 0.169 e. The van der Waals surface area contributed by atoms with Gasteiger partial charge in [-0.1, -0.05) is 12.1 Å². The van der Waals surface area contributed by atoms with Gasteiger partial charge in [0.25, 0.3) is 0 Å². The second kappa shape index (κ2) is 8.21. The van der Waals surface area contributed by atoms with E-state index in [0.717, 1.165) is 32.8 Å². The van der Waals surface area contributed by atoms with Crippen LogP contribution in [0, 0.1) is 0 Å². The lowest BCUT2D eigenvalue weighted by molar-refractivity contribution is -0.0989. The van der Waals surface area contributed by atoms with E-state index in [-0.39, 0.29) is 6.29 Å². The quantitative estimate of drug-likeness (QED) is 0.761. The average Bonchev–Trinajstić information content (AvgIpc) is 2.53. The van der Waals surface area contributed by atoms with Crippen molar-refractivity contribution in [3.05, 3.63) is 29.8 Å². The summed E-state index contributed by atoms with van der Waals surface area (Å²) in [6.07, 6.45) is -0.192. The van der Waals surface area contributed by atoms with Crippen molar-refractivity contribution in [1.29, 1.82) is 0 Å². The summed E-state index contributed by atoms with van der Waals surface area (Å²) in [7, 11) is 3.29. The number of benzene rings is 1. The highest BCUT2D eigenvalue weighted by atomic mass is 16.7.